The summed E-state index contributed by atoms with van der Waals surface area (Å²) in [5.74, 6) is 0. The van der Waals surface area contributed by atoms with E-state index in [2.05, 4.69) is 22.0 Å². The van der Waals surface area contributed by atoms with Crippen LogP contribution in [0.5, 0.6) is 0 Å². The van der Waals surface area contributed by atoms with Gasteiger partial charge in [0.2, 0.25) is 0 Å². The zero-order valence-corrected chi connectivity index (χ0v) is 9.58. The summed E-state index contributed by atoms with van der Waals surface area (Å²) in [6, 6.07) is 4.03. The summed E-state index contributed by atoms with van der Waals surface area (Å²) in [7, 11) is 0. The molecule has 0 aromatic carbocycles. The fourth-order valence-electron chi connectivity index (χ4n) is 0.955. The highest BCUT2D eigenvalue weighted by Crippen LogP contribution is 2.25. The molecular weight excluding hydrogens is 248 g/mol. The first-order valence-electron chi connectivity index (χ1n) is 3.82. The summed E-state index contributed by atoms with van der Waals surface area (Å²) in [6.07, 6.45) is 0.676. The Hall–Kier alpha value is -0.790. The second kappa shape index (κ2) is 4.45. The molecule has 0 atom stereocenters. The van der Waals surface area contributed by atoms with E-state index in [9.17, 15) is 0 Å². The molecule has 0 aliphatic heterocycles. The van der Waals surface area contributed by atoms with Crippen LogP contribution in [0.2, 0.25) is 0 Å². The topological polar surface area (TPSA) is 49.8 Å². The van der Waals surface area contributed by atoms with E-state index in [1.807, 2.05) is 18.4 Å². The second-order valence-corrected chi connectivity index (χ2v) is 4.79. The number of allylic oxidation sites excluding steroid dienone is 1. The third-order valence-electron chi connectivity index (χ3n) is 1.69. The average molecular weight is 257 g/mol. The van der Waals surface area contributed by atoms with Crippen LogP contribution in [0.15, 0.2) is 20.8 Å². The van der Waals surface area contributed by atoms with Crippen molar-refractivity contribution in [1.29, 1.82) is 5.26 Å². The number of hydrogen-bond donors (Lipinski definition) is 1. The molecule has 0 radical (unpaired) electrons. The molecule has 2 nitrogen and oxygen atoms in total. The maximum absolute atomic E-state index is 8.77. The van der Waals surface area contributed by atoms with Crippen molar-refractivity contribution in [2.45, 2.75) is 13.3 Å². The van der Waals surface area contributed by atoms with Gasteiger partial charge in [0.1, 0.15) is 0 Å². The molecule has 0 bridgehead atoms. The molecule has 13 heavy (non-hydrogen) atoms. The van der Waals surface area contributed by atoms with E-state index in [0.29, 0.717) is 17.7 Å². The van der Waals surface area contributed by atoms with Crippen LogP contribution in [0, 0.1) is 11.3 Å². The van der Waals surface area contributed by atoms with Gasteiger partial charge in [0.25, 0.3) is 0 Å². The van der Waals surface area contributed by atoms with Gasteiger partial charge in [0, 0.05) is 10.9 Å². The summed E-state index contributed by atoms with van der Waals surface area (Å²) in [5, 5.41) is 10.7. The molecule has 1 aromatic heterocycles. The Morgan fingerprint density at radius 1 is 1.77 bits per heavy atom. The molecule has 68 valence electrons. The third kappa shape index (κ3) is 2.33. The van der Waals surface area contributed by atoms with Crippen LogP contribution in [-0.4, -0.2) is 0 Å². The standard InChI is InChI=1S/C9H9BrN2S/c1-2-6(4-11)9(12)7-3-8(10)13-5-7/h3,5H,2,12H2,1H3/b9-6+. The van der Waals surface area contributed by atoms with Crippen molar-refractivity contribution in [3.05, 3.63) is 26.4 Å². The molecule has 2 N–H and O–H groups in total. The summed E-state index contributed by atoms with van der Waals surface area (Å²) < 4.78 is 1.03. The molecule has 1 heterocycles. The van der Waals surface area contributed by atoms with Gasteiger partial charge in [0.15, 0.2) is 0 Å². The van der Waals surface area contributed by atoms with Crippen LogP contribution in [0.4, 0.5) is 0 Å². The second-order valence-electron chi connectivity index (χ2n) is 2.50. The van der Waals surface area contributed by atoms with Gasteiger partial charge in [0.05, 0.1) is 21.1 Å². The van der Waals surface area contributed by atoms with Crippen LogP contribution < -0.4 is 5.73 Å². The highest BCUT2D eigenvalue weighted by Gasteiger charge is 2.05. The zero-order valence-electron chi connectivity index (χ0n) is 7.17. The summed E-state index contributed by atoms with van der Waals surface area (Å²) in [4.78, 5) is 0. The number of nitrogens with two attached hydrogens (primary N) is 1. The SMILES string of the molecule is CC/C(C#N)=C(\N)c1csc(Br)c1. The fraction of sp³-hybridized carbons (Fsp3) is 0.222. The quantitative estimate of drug-likeness (QED) is 0.827. The largest absolute Gasteiger partial charge is 0.397 e. The number of nitrogens with zero attached hydrogens (tertiary/aromatic N) is 1. The molecule has 1 rings (SSSR count). The summed E-state index contributed by atoms with van der Waals surface area (Å²) in [5.41, 5.74) is 7.98. The van der Waals surface area contributed by atoms with Crippen molar-refractivity contribution < 1.29 is 0 Å². The first-order valence-corrected chi connectivity index (χ1v) is 5.49. The summed E-state index contributed by atoms with van der Waals surface area (Å²) in [6.45, 7) is 1.92. The molecule has 0 saturated carbocycles. The normalized spacial score (nSPS) is 12.1. The molecule has 0 aliphatic rings. The van der Waals surface area contributed by atoms with Gasteiger partial charge >= 0.3 is 0 Å². The van der Waals surface area contributed by atoms with Crippen LogP contribution in [0.25, 0.3) is 5.70 Å². The molecule has 1 aromatic rings. The Morgan fingerprint density at radius 3 is 2.85 bits per heavy atom. The summed E-state index contributed by atoms with van der Waals surface area (Å²) >= 11 is 4.92. The van der Waals surface area contributed by atoms with Crippen molar-refractivity contribution in [3.8, 4) is 6.07 Å². The van der Waals surface area contributed by atoms with Crippen LogP contribution in [0.1, 0.15) is 18.9 Å². The molecule has 0 aliphatic carbocycles. The maximum atomic E-state index is 8.77. The molecule has 0 unspecified atom stereocenters. The van der Waals surface area contributed by atoms with Gasteiger partial charge in [-0.3, -0.25) is 0 Å². The van der Waals surface area contributed by atoms with E-state index >= 15 is 0 Å². The Morgan fingerprint density at radius 2 is 2.46 bits per heavy atom. The maximum Gasteiger partial charge on any atom is 0.0968 e. The van der Waals surface area contributed by atoms with Crippen molar-refractivity contribution >= 4 is 33.0 Å². The van der Waals surface area contributed by atoms with Crippen LogP contribution in [0.3, 0.4) is 0 Å². The van der Waals surface area contributed by atoms with E-state index in [0.717, 1.165) is 9.35 Å². The van der Waals surface area contributed by atoms with Crippen LogP contribution in [-0.2, 0) is 0 Å². The minimum Gasteiger partial charge on any atom is -0.397 e. The number of thiophene rings is 1. The number of halogens is 1. The van der Waals surface area contributed by atoms with Crippen molar-refractivity contribution in [1.82, 2.24) is 0 Å². The van der Waals surface area contributed by atoms with Crippen molar-refractivity contribution in [3.63, 3.8) is 0 Å². The minimum absolute atomic E-state index is 0.590. The van der Waals surface area contributed by atoms with Gasteiger partial charge in [-0.15, -0.1) is 11.3 Å². The number of hydrogen-bond acceptors (Lipinski definition) is 3. The van der Waals surface area contributed by atoms with Crippen molar-refractivity contribution in [2.75, 3.05) is 0 Å². The molecule has 0 amide bonds. The molecular formula is C9H9BrN2S. The monoisotopic (exact) mass is 256 g/mol. The fourth-order valence-corrected chi connectivity index (χ4v) is 2.11. The lowest BCUT2D eigenvalue weighted by molar-refractivity contribution is 1.15. The van der Waals surface area contributed by atoms with Gasteiger partial charge < -0.3 is 5.73 Å². The highest BCUT2D eigenvalue weighted by atomic mass is 79.9. The van der Waals surface area contributed by atoms with Gasteiger partial charge in [-0.05, 0) is 28.4 Å². The lowest BCUT2D eigenvalue weighted by atomic mass is 10.1. The molecule has 0 fully saturated rings. The van der Waals surface area contributed by atoms with Gasteiger partial charge in [-0.1, -0.05) is 6.92 Å². The molecule has 0 saturated heterocycles. The first kappa shape index (κ1) is 10.3. The minimum atomic E-state index is 0.590. The van der Waals surface area contributed by atoms with E-state index in [4.69, 9.17) is 11.0 Å². The number of nitriles is 1. The number of rotatable bonds is 2. The van der Waals surface area contributed by atoms with E-state index in [1.54, 1.807) is 11.3 Å². The first-order chi connectivity index (χ1) is 6.19. The Bertz CT molecular complexity index is 373. The van der Waals surface area contributed by atoms with E-state index in [1.165, 1.54) is 0 Å². The van der Waals surface area contributed by atoms with Gasteiger partial charge in [-0.25, -0.2) is 0 Å². The smallest absolute Gasteiger partial charge is 0.0968 e. The van der Waals surface area contributed by atoms with E-state index < -0.39 is 0 Å². The van der Waals surface area contributed by atoms with Crippen LogP contribution >= 0.6 is 27.3 Å². The Balaban J connectivity index is 3.09. The molecule has 4 heteroatoms. The average Bonchev–Trinajstić information content (AvgIpc) is 2.54. The predicted octanol–water partition coefficient (Wildman–Crippen LogP) is 3.11. The van der Waals surface area contributed by atoms with Gasteiger partial charge in [-0.2, -0.15) is 5.26 Å². The third-order valence-corrected chi connectivity index (χ3v) is 3.20. The Kier molecular flexibility index (Phi) is 3.52. The predicted molar refractivity (Wildman–Crippen MR) is 59.0 cm³/mol. The Labute approximate surface area is 89.8 Å². The zero-order chi connectivity index (χ0) is 9.84. The lowest BCUT2D eigenvalue weighted by Crippen LogP contribution is -1.98. The highest BCUT2D eigenvalue weighted by molar-refractivity contribution is 9.11. The molecule has 0 spiro atoms. The lowest BCUT2D eigenvalue weighted by Gasteiger charge is -1.99. The van der Waals surface area contributed by atoms with E-state index in [-0.39, 0.29) is 0 Å². The van der Waals surface area contributed by atoms with Crippen molar-refractivity contribution in [2.24, 2.45) is 5.73 Å².